The molecule has 1 heterocycles. The van der Waals surface area contributed by atoms with Crippen LogP contribution in [-0.4, -0.2) is 9.55 Å². The predicted molar refractivity (Wildman–Crippen MR) is 102 cm³/mol. The molecule has 0 aliphatic heterocycles. The predicted octanol–water partition coefficient (Wildman–Crippen LogP) is 7.10. The van der Waals surface area contributed by atoms with Crippen molar-refractivity contribution < 1.29 is 0 Å². The summed E-state index contributed by atoms with van der Waals surface area (Å²) < 4.78 is 2.37. The second-order valence-corrected chi connectivity index (χ2v) is 7.50. The summed E-state index contributed by atoms with van der Waals surface area (Å²) in [7, 11) is 0. The Labute approximate surface area is 145 Å². The monoisotopic (exact) mass is 320 g/mol. The van der Waals surface area contributed by atoms with E-state index in [0.717, 1.165) is 0 Å². The maximum atomic E-state index is 4.29. The molecule has 0 bridgehead atoms. The van der Waals surface area contributed by atoms with Gasteiger partial charge in [0.15, 0.2) is 0 Å². The highest BCUT2D eigenvalue weighted by Crippen LogP contribution is 2.30. The minimum absolute atomic E-state index is 0.270. The molecule has 2 nitrogen and oxygen atoms in total. The number of hydrogen-bond donors (Lipinski definition) is 0. The lowest BCUT2D eigenvalue weighted by Crippen LogP contribution is -2.29. The van der Waals surface area contributed by atoms with Crippen LogP contribution in [0.4, 0.5) is 0 Å². The number of hydrogen-bond acceptors (Lipinski definition) is 1. The Bertz CT molecular complexity index is 340. The topological polar surface area (TPSA) is 17.8 Å². The van der Waals surface area contributed by atoms with Gasteiger partial charge in [0.05, 0.1) is 6.33 Å². The van der Waals surface area contributed by atoms with E-state index in [1.54, 1.807) is 0 Å². The van der Waals surface area contributed by atoms with Crippen LogP contribution in [0.1, 0.15) is 111 Å². The lowest BCUT2D eigenvalue weighted by atomic mass is 9.87. The molecule has 2 heteroatoms. The Kier molecular flexibility index (Phi) is 11.1. The molecule has 0 unspecified atom stereocenters. The molecule has 0 aliphatic carbocycles. The maximum absolute atomic E-state index is 4.29. The van der Waals surface area contributed by atoms with Crippen LogP contribution < -0.4 is 0 Å². The Hall–Kier alpha value is -0.790. The van der Waals surface area contributed by atoms with Crippen LogP contribution in [-0.2, 0) is 5.54 Å². The van der Waals surface area contributed by atoms with Crippen LogP contribution in [0, 0.1) is 0 Å². The van der Waals surface area contributed by atoms with Gasteiger partial charge in [0.1, 0.15) is 0 Å². The first kappa shape index (κ1) is 20.3. The van der Waals surface area contributed by atoms with E-state index in [1.165, 1.54) is 89.9 Å². The van der Waals surface area contributed by atoms with Crippen LogP contribution >= 0.6 is 0 Å². The molecule has 0 fully saturated rings. The van der Waals surface area contributed by atoms with Gasteiger partial charge >= 0.3 is 0 Å². The van der Waals surface area contributed by atoms with Crippen molar-refractivity contribution in [3.63, 3.8) is 0 Å². The Morgan fingerprint density at radius 2 is 1.22 bits per heavy atom. The number of imidazole rings is 1. The van der Waals surface area contributed by atoms with Crippen molar-refractivity contribution in [3.8, 4) is 0 Å². The first-order chi connectivity index (χ1) is 11.2. The molecule has 1 aromatic rings. The van der Waals surface area contributed by atoms with Gasteiger partial charge in [-0.2, -0.15) is 0 Å². The summed E-state index contributed by atoms with van der Waals surface area (Å²) >= 11 is 0. The van der Waals surface area contributed by atoms with Crippen LogP contribution in [0.3, 0.4) is 0 Å². The highest BCUT2D eigenvalue weighted by atomic mass is 15.1. The molecular weight excluding hydrogens is 280 g/mol. The zero-order valence-corrected chi connectivity index (χ0v) is 16.0. The summed E-state index contributed by atoms with van der Waals surface area (Å²) in [4.78, 5) is 4.29. The average molecular weight is 321 g/mol. The van der Waals surface area contributed by atoms with Gasteiger partial charge in [-0.25, -0.2) is 4.98 Å². The molecule has 1 rings (SSSR count). The normalized spacial score (nSPS) is 12.0. The van der Waals surface area contributed by atoms with Crippen molar-refractivity contribution in [2.45, 2.75) is 116 Å². The Morgan fingerprint density at radius 3 is 1.65 bits per heavy atom. The summed E-state index contributed by atoms with van der Waals surface area (Å²) in [5.41, 5.74) is 0.270. The van der Waals surface area contributed by atoms with Crippen LogP contribution in [0.25, 0.3) is 0 Å². The fourth-order valence-electron chi connectivity index (χ4n) is 3.53. The Morgan fingerprint density at radius 1 is 0.739 bits per heavy atom. The lowest BCUT2D eigenvalue weighted by molar-refractivity contribution is 0.250. The summed E-state index contributed by atoms with van der Waals surface area (Å²) in [6, 6.07) is 0. The molecule has 0 amide bonds. The van der Waals surface area contributed by atoms with Crippen LogP contribution in [0.5, 0.6) is 0 Å². The fourth-order valence-corrected chi connectivity index (χ4v) is 3.53. The molecule has 0 aliphatic rings. The number of rotatable bonds is 15. The summed E-state index contributed by atoms with van der Waals surface area (Å²) in [6.45, 7) is 7.01. The van der Waals surface area contributed by atoms with Gasteiger partial charge in [-0.1, -0.05) is 90.9 Å². The molecule has 0 spiro atoms. The third kappa shape index (κ3) is 8.58. The number of aromatic nitrogens is 2. The van der Waals surface area contributed by atoms with Gasteiger partial charge < -0.3 is 4.57 Å². The van der Waals surface area contributed by atoms with Gasteiger partial charge in [-0.3, -0.25) is 0 Å². The van der Waals surface area contributed by atoms with E-state index in [1.807, 2.05) is 12.5 Å². The lowest BCUT2D eigenvalue weighted by Gasteiger charge is -2.31. The van der Waals surface area contributed by atoms with Crippen LogP contribution in [0.15, 0.2) is 18.7 Å². The zero-order valence-electron chi connectivity index (χ0n) is 16.0. The summed E-state index contributed by atoms with van der Waals surface area (Å²) in [6.07, 6.45) is 25.3. The first-order valence-electron chi connectivity index (χ1n) is 10.2. The van der Waals surface area contributed by atoms with Crippen LogP contribution in [0.2, 0.25) is 0 Å². The van der Waals surface area contributed by atoms with Gasteiger partial charge in [-0.05, 0) is 19.8 Å². The summed E-state index contributed by atoms with van der Waals surface area (Å²) in [5, 5.41) is 0. The minimum atomic E-state index is 0.270. The van der Waals surface area contributed by atoms with Gasteiger partial charge in [0.25, 0.3) is 0 Å². The highest BCUT2D eigenvalue weighted by Gasteiger charge is 2.24. The quantitative estimate of drug-likeness (QED) is 0.315. The van der Waals surface area contributed by atoms with E-state index in [-0.39, 0.29) is 5.54 Å². The standard InChI is InChI=1S/C21H40N2/c1-4-6-8-10-12-14-16-21(3,23-19-18-22-20-23)17-15-13-11-9-7-5-2/h18-20H,4-17H2,1-3H3. The molecule has 0 radical (unpaired) electrons. The molecule has 134 valence electrons. The third-order valence-electron chi connectivity index (χ3n) is 5.27. The molecule has 23 heavy (non-hydrogen) atoms. The molecular formula is C21H40N2. The Balaban J connectivity index is 2.32. The SMILES string of the molecule is CCCCCCCCC(C)(CCCCCCCC)n1ccnc1. The van der Waals surface area contributed by atoms with E-state index in [9.17, 15) is 0 Å². The van der Waals surface area contributed by atoms with Crippen molar-refractivity contribution in [3.05, 3.63) is 18.7 Å². The van der Waals surface area contributed by atoms with Crippen molar-refractivity contribution in [1.29, 1.82) is 0 Å². The smallest absolute Gasteiger partial charge is 0.0951 e. The minimum Gasteiger partial charge on any atom is -0.332 e. The molecule has 0 saturated heterocycles. The van der Waals surface area contributed by atoms with Crippen molar-refractivity contribution in [1.82, 2.24) is 9.55 Å². The van der Waals surface area contributed by atoms with Gasteiger partial charge in [0.2, 0.25) is 0 Å². The van der Waals surface area contributed by atoms with E-state index in [0.29, 0.717) is 0 Å². The zero-order chi connectivity index (χ0) is 16.8. The molecule has 0 atom stereocenters. The molecule has 1 aromatic heterocycles. The van der Waals surface area contributed by atoms with E-state index < -0.39 is 0 Å². The van der Waals surface area contributed by atoms with Crippen molar-refractivity contribution in [2.24, 2.45) is 0 Å². The average Bonchev–Trinajstić information content (AvgIpc) is 3.09. The highest BCUT2D eigenvalue weighted by molar-refractivity contribution is 4.89. The van der Waals surface area contributed by atoms with E-state index in [2.05, 4.69) is 36.5 Å². The largest absolute Gasteiger partial charge is 0.332 e. The second-order valence-electron chi connectivity index (χ2n) is 7.50. The van der Waals surface area contributed by atoms with Gasteiger partial charge in [-0.15, -0.1) is 0 Å². The maximum Gasteiger partial charge on any atom is 0.0951 e. The first-order valence-corrected chi connectivity index (χ1v) is 10.2. The van der Waals surface area contributed by atoms with Crippen molar-refractivity contribution >= 4 is 0 Å². The number of nitrogens with zero attached hydrogens (tertiary/aromatic N) is 2. The van der Waals surface area contributed by atoms with Crippen molar-refractivity contribution in [2.75, 3.05) is 0 Å². The van der Waals surface area contributed by atoms with E-state index in [4.69, 9.17) is 0 Å². The molecule has 0 N–H and O–H groups in total. The summed E-state index contributed by atoms with van der Waals surface area (Å²) in [5.74, 6) is 0. The molecule has 0 saturated carbocycles. The fraction of sp³-hybridized carbons (Fsp3) is 0.857. The number of unbranched alkanes of at least 4 members (excludes halogenated alkanes) is 10. The van der Waals surface area contributed by atoms with Gasteiger partial charge in [0, 0.05) is 17.9 Å². The second kappa shape index (κ2) is 12.6. The van der Waals surface area contributed by atoms with E-state index >= 15 is 0 Å². The third-order valence-corrected chi connectivity index (χ3v) is 5.27. The molecule has 0 aromatic carbocycles.